The minimum Gasteiger partial charge on any atom is -0.496 e. The van der Waals surface area contributed by atoms with E-state index in [2.05, 4.69) is 10.3 Å². The van der Waals surface area contributed by atoms with E-state index in [1.165, 1.54) is 16.9 Å². The number of hydrogen-bond donors (Lipinski definition) is 1. The molecule has 0 bridgehead atoms. The zero-order valence-electron chi connectivity index (χ0n) is 12.3. The predicted molar refractivity (Wildman–Crippen MR) is 88.5 cm³/mol. The number of fused-ring (bicyclic) bond motifs is 3. The number of carbonyl (C=O) groups is 1. The van der Waals surface area contributed by atoms with Crippen molar-refractivity contribution in [1.29, 1.82) is 0 Å². The minimum absolute atomic E-state index is 0.0499. The molecule has 0 saturated carbocycles. The maximum absolute atomic E-state index is 12.0. The molecule has 0 atom stereocenters. The lowest BCUT2D eigenvalue weighted by molar-refractivity contribution is -0.114. The lowest BCUT2D eigenvalue weighted by Crippen LogP contribution is -2.12. The fourth-order valence-electron chi connectivity index (χ4n) is 3.20. The first-order valence-corrected chi connectivity index (χ1v) is 8.22. The minimum atomic E-state index is -0.0499. The Morgan fingerprint density at radius 3 is 3.00 bits per heavy atom. The van der Waals surface area contributed by atoms with Gasteiger partial charge in [0.1, 0.15) is 17.3 Å². The first-order chi connectivity index (χ1) is 10.8. The average Bonchev–Trinajstić information content (AvgIpc) is 3.06. The third kappa shape index (κ3) is 2.04. The Morgan fingerprint density at radius 1 is 1.27 bits per heavy atom. The van der Waals surface area contributed by atoms with Crippen LogP contribution in [-0.4, -0.2) is 25.3 Å². The number of hydrogen-bond acceptors (Lipinski definition) is 4. The van der Waals surface area contributed by atoms with Crippen LogP contribution in [0.3, 0.4) is 0 Å². The topological polar surface area (TPSA) is 50.7 Å². The Hall–Kier alpha value is -2.14. The number of aryl methyl sites for hydroxylation is 1. The van der Waals surface area contributed by atoms with E-state index in [0.717, 1.165) is 40.4 Å². The number of methoxy groups -OCH3 is 1. The largest absolute Gasteiger partial charge is 0.496 e. The molecule has 0 spiro atoms. The predicted octanol–water partition coefficient (Wildman–Crippen LogP) is 3.03. The van der Waals surface area contributed by atoms with E-state index < -0.39 is 0 Å². The normalized spacial score (nSPS) is 16.4. The molecule has 5 heteroatoms. The summed E-state index contributed by atoms with van der Waals surface area (Å²) in [6.07, 6.45) is 3.34. The van der Waals surface area contributed by atoms with Gasteiger partial charge in [-0.25, -0.2) is 0 Å². The molecule has 4 nitrogen and oxygen atoms in total. The number of amides is 1. The molecule has 0 fully saturated rings. The number of ether oxygens (including phenoxy) is 1. The highest BCUT2D eigenvalue weighted by Crippen LogP contribution is 2.42. The molecule has 22 heavy (non-hydrogen) atoms. The van der Waals surface area contributed by atoms with Crippen molar-refractivity contribution >= 4 is 28.0 Å². The number of nitrogens with zero attached hydrogens (tertiary/aromatic N) is 1. The van der Waals surface area contributed by atoms with Gasteiger partial charge in [-0.3, -0.25) is 9.79 Å². The second kappa shape index (κ2) is 5.25. The molecule has 2 aliphatic rings. The number of thiophene rings is 1. The molecule has 1 aromatic heterocycles. The summed E-state index contributed by atoms with van der Waals surface area (Å²) in [4.78, 5) is 18.0. The van der Waals surface area contributed by atoms with Crippen LogP contribution in [0.1, 0.15) is 28.0 Å². The van der Waals surface area contributed by atoms with Gasteiger partial charge in [0.15, 0.2) is 0 Å². The zero-order valence-corrected chi connectivity index (χ0v) is 13.1. The van der Waals surface area contributed by atoms with Crippen molar-refractivity contribution in [3.63, 3.8) is 0 Å². The van der Waals surface area contributed by atoms with Gasteiger partial charge < -0.3 is 10.1 Å². The van der Waals surface area contributed by atoms with Crippen LogP contribution in [0.5, 0.6) is 5.75 Å². The average molecular weight is 312 g/mol. The fourth-order valence-corrected chi connectivity index (χ4v) is 4.51. The van der Waals surface area contributed by atoms with Gasteiger partial charge >= 0.3 is 0 Å². The Kier molecular flexibility index (Phi) is 3.22. The summed E-state index contributed by atoms with van der Waals surface area (Å²) in [5, 5.41) is 3.95. The highest BCUT2D eigenvalue weighted by molar-refractivity contribution is 7.17. The highest BCUT2D eigenvalue weighted by atomic mass is 32.1. The van der Waals surface area contributed by atoms with E-state index in [4.69, 9.17) is 4.74 Å². The van der Waals surface area contributed by atoms with Crippen LogP contribution in [0.25, 0.3) is 0 Å². The maximum Gasteiger partial charge on any atom is 0.246 e. The summed E-state index contributed by atoms with van der Waals surface area (Å²) >= 11 is 1.70. The van der Waals surface area contributed by atoms with Crippen LogP contribution in [0, 0.1) is 0 Å². The first kappa shape index (κ1) is 13.5. The monoisotopic (exact) mass is 312 g/mol. The van der Waals surface area contributed by atoms with E-state index in [9.17, 15) is 4.79 Å². The van der Waals surface area contributed by atoms with E-state index in [0.29, 0.717) is 0 Å². The molecule has 1 amide bonds. The smallest absolute Gasteiger partial charge is 0.246 e. The van der Waals surface area contributed by atoms with E-state index in [1.807, 2.05) is 24.3 Å². The van der Waals surface area contributed by atoms with E-state index in [-0.39, 0.29) is 12.5 Å². The van der Waals surface area contributed by atoms with E-state index in [1.54, 1.807) is 18.4 Å². The second-order valence-corrected chi connectivity index (χ2v) is 6.58. The number of para-hydroxylation sites is 1. The molecular formula is C17H16N2O2S. The first-order valence-electron chi connectivity index (χ1n) is 7.40. The van der Waals surface area contributed by atoms with Gasteiger partial charge in [0.2, 0.25) is 5.91 Å². The van der Waals surface area contributed by atoms with Crippen molar-refractivity contribution in [1.82, 2.24) is 0 Å². The van der Waals surface area contributed by atoms with Gasteiger partial charge in [-0.15, -0.1) is 11.3 Å². The fraction of sp³-hybridized carbons (Fsp3) is 0.294. The highest BCUT2D eigenvalue weighted by Gasteiger charge is 2.29. The molecule has 1 N–H and O–H groups in total. The van der Waals surface area contributed by atoms with Crippen LogP contribution in [-0.2, 0) is 17.6 Å². The molecule has 4 rings (SSSR count). The van der Waals surface area contributed by atoms with Crippen molar-refractivity contribution in [2.75, 3.05) is 19.0 Å². The summed E-state index contributed by atoms with van der Waals surface area (Å²) in [5.74, 6) is 0.741. The van der Waals surface area contributed by atoms with Crippen LogP contribution < -0.4 is 10.1 Å². The summed E-state index contributed by atoms with van der Waals surface area (Å²) in [6, 6.07) is 7.87. The quantitative estimate of drug-likeness (QED) is 0.926. The summed E-state index contributed by atoms with van der Waals surface area (Å²) in [6.45, 7) is 0.156. The standard InChI is InChI=1S/C17H16N2O2S/c1-21-12-7-3-2-5-10(12)16-15-11-6-4-8-13(11)22-17(15)19-14(20)9-18-16/h2-3,5,7H,4,6,8-9H2,1H3,(H,19,20). The molecule has 0 unspecified atom stereocenters. The van der Waals surface area contributed by atoms with Crippen LogP contribution >= 0.6 is 11.3 Å². The molecular weight excluding hydrogens is 296 g/mol. The van der Waals surface area contributed by atoms with Gasteiger partial charge in [0.05, 0.1) is 12.8 Å². The van der Waals surface area contributed by atoms with Gasteiger partial charge in [-0.05, 0) is 37.0 Å². The molecule has 0 radical (unpaired) electrons. The Morgan fingerprint density at radius 2 is 2.14 bits per heavy atom. The summed E-state index contributed by atoms with van der Waals surface area (Å²) in [5.41, 5.74) is 4.29. The van der Waals surface area contributed by atoms with Crippen molar-refractivity contribution in [3.8, 4) is 5.75 Å². The number of aliphatic imine (C=N–C) groups is 1. The third-order valence-corrected chi connectivity index (χ3v) is 5.36. The van der Waals surface area contributed by atoms with Crippen molar-refractivity contribution in [2.24, 2.45) is 4.99 Å². The molecule has 0 saturated heterocycles. The molecule has 112 valence electrons. The van der Waals surface area contributed by atoms with Crippen LogP contribution in [0.4, 0.5) is 5.00 Å². The van der Waals surface area contributed by atoms with Crippen molar-refractivity contribution < 1.29 is 9.53 Å². The molecule has 2 heterocycles. The number of benzene rings is 1. The molecule has 1 aliphatic carbocycles. The molecule has 1 aliphatic heterocycles. The zero-order chi connectivity index (χ0) is 15.1. The third-order valence-electron chi connectivity index (χ3n) is 4.15. The Bertz CT molecular complexity index is 792. The van der Waals surface area contributed by atoms with Crippen molar-refractivity contribution in [3.05, 3.63) is 45.8 Å². The SMILES string of the molecule is COc1ccccc1C1=NCC(=O)Nc2sc3c(c21)CCC3. The lowest BCUT2D eigenvalue weighted by atomic mass is 9.98. The Balaban J connectivity index is 1.95. The van der Waals surface area contributed by atoms with Gasteiger partial charge in [0.25, 0.3) is 0 Å². The van der Waals surface area contributed by atoms with Crippen LogP contribution in [0.15, 0.2) is 29.3 Å². The second-order valence-electron chi connectivity index (χ2n) is 5.47. The number of anilines is 1. The number of carbonyl (C=O) groups excluding carboxylic acids is 1. The van der Waals surface area contributed by atoms with E-state index >= 15 is 0 Å². The lowest BCUT2D eigenvalue weighted by Gasteiger charge is -2.12. The Labute approximate surface area is 132 Å². The van der Waals surface area contributed by atoms with Gasteiger partial charge in [-0.2, -0.15) is 0 Å². The van der Waals surface area contributed by atoms with Crippen LogP contribution in [0.2, 0.25) is 0 Å². The summed E-state index contributed by atoms with van der Waals surface area (Å²) in [7, 11) is 1.67. The number of rotatable bonds is 2. The maximum atomic E-state index is 12.0. The number of nitrogens with one attached hydrogen (secondary N) is 1. The molecule has 1 aromatic carbocycles. The van der Waals surface area contributed by atoms with Crippen molar-refractivity contribution in [2.45, 2.75) is 19.3 Å². The molecule has 2 aromatic rings. The van der Waals surface area contributed by atoms with Gasteiger partial charge in [0, 0.05) is 16.0 Å². The van der Waals surface area contributed by atoms with Gasteiger partial charge in [-0.1, -0.05) is 12.1 Å². The summed E-state index contributed by atoms with van der Waals surface area (Å²) < 4.78 is 5.49.